The van der Waals surface area contributed by atoms with Gasteiger partial charge in [0.05, 0.1) is 13.2 Å². The van der Waals surface area contributed by atoms with E-state index in [-0.39, 0.29) is 6.04 Å². The normalized spacial score (nSPS) is 12.3. The number of aryl methyl sites for hydroxylation is 1. The van der Waals surface area contributed by atoms with Gasteiger partial charge in [0.1, 0.15) is 5.75 Å². The first-order valence-electron chi connectivity index (χ1n) is 6.76. The van der Waals surface area contributed by atoms with Crippen LogP contribution < -0.4 is 10.1 Å². The van der Waals surface area contributed by atoms with Crippen LogP contribution in [0.15, 0.2) is 34.8 Å². The summed E-state index contributed by atoms with van der Waals surface area (Å²) in [5.74, 6) is 0.952. The summed E-state index contributed by atoms with van der Waals surface area (Å²) in [6.45, 7) is 4.20. The van der Waals surface area contributed by atoms with E-state index in [1.54, 1.807) is 7.11 Å². The van der Waals surface area contributed by atoms with Crippen LogP contribution in [0.4, 0.5) is 0 Å². The van der Waals surface area contributed by atoms with Gasteiger partial charge in [-0.3, -0.25) is 0 Å². The van der Waals surface area contributed by atoms with E-state index in [0.717, 1.165) is 15.8 Å². The average Bonchev–Trinajstić information content (AvgIpc) is 2.46. The molecule has 2 rings (SSSR count). The molecule has 0 saturated heterocycles. The second-order valence-corrected chi connectivity index (χ2v) is 7.12. The topological polar surface area (TPSA) is 21.3 Å². The van der Waals surface area contributed by atoms with Crippen LogP contribution in [0.5, 0.6) is 5.75 Å². The molecule has 2 aromatic carbocycles. The Morgan fingerprint density at radius 1 is 1.19 bits per heavy atom. The summed E-state index contributed by atoms with van der Waals surface area (Å²) in [5.41, 5.74) is 4.76. The lowest BCUT2D eigenvalue weighted by atomic mass is 9.92. The molecule has 0 spiro atoms. The first-order valence-corrected chi connectivity index (χ1v) is 8.63. The zero-order valence-electron chi connectivity index (χ0n) is 12.6. The Kier molecular flexibility index (Phi) is 5.68. The van der Waals surface area contributed by atoms with Crippen LogP contribution >= 0.6 is 38.5 Å². The Morgan fingerprint density at radius 3 is 2.33 bits per heavy atom. The summed E-state index contributed by atoms with van der Waals surface area (Å²) in [7, 11) is 3.72. The van der Waals surface area contributed by atoms with Crippen LogP contribution in [0.3, 0.4) is 0 Å². The molecule has 0 aromatic heterocycles. The van der Waals surface area contributed by atoms with Gasteiger partial charge in [-0.05, 0) is 78.4 Å². The molecular formula is C17H19BrINO. The molecule has 0 amide bonds. The van der Waals surface area contributed by atoms with E-state index >= 15 is 0 Å². The number of ether oxygens (including phenoxy) is 1. The third-order valence-corrected chi connectivity index (χ3v) is 5.24. The Labute approximate surface area is 148 Å². The first-order chi connectivity index (χ1) is 9.99. The van der Waals surface area contributed by atoms with Crippen molar-refractivity contribution in [3.63, 3.8) is 0 Å². The van der Waals surface area contributed by atoms with Gasteiger partial charge in [0.25, 0.3) is 0 Å². The predicted octanol–water partition coefficient (Wildman–Crippen LogP) is 4.99. The lowest BCUT2D eigenvalue weighted by molar-refractivity contribution is 0.401. The molecule has 0 aliphatic carbocycles. The third-order valence-electron chi connectivity index (χ3n) is 3.69. The Balaban J connectivity index is 2.64. The molecule has 112 valence electrons. The summed E-state index contributed by atoms with van der Waals surface area (Å²) >= 11 is 5.98. The molecule has 4 heteroatoms. The van der Waals surface area contributed by atoms with Gasteiger partial charge in [-0.15, -0.1) is 0 Å². The molecule has 0 aliphatic heterocycles. The lowest BCUT2D eigenvalue weighted by Crippen LogP contribution is -2.20. The van der Waals surface area contributed by atoms with Crippen LogP contribution in [0.1, 0.15) is 28.3 Å². The third kappa shape index (κ3) is 3.43. The zero-order chi connectivity index (χ0) is 15.6. The molecule has 21 heavy (non-hydrogen) atoms. The molecule has 1 N–H and O–H groups in total. The number of hydrogen-bond acceptors (Lipinski definition) is 2. The summed E-state index contributed by atoms with van der Waals surface area (Å²) in [6, 6.07) is 10.8. The summed E-state index contributed by atoms with van der Waals surface area (Å²) < 4.78 is 8.03. The molecule has 0 saturated carbocycles. The van der Waals surface area contributed by atoms with Crippen LogP contribution in [0, 0.1) is 17.4 Å². The Hall–Kier alpha value is -0.590. The quantitative estimate of drug-likeness (QED) is 0.650. The largest absolute Gasteiger partial charge is 0.496 e. The fourth-order valence-electron chi connectivity index (χ4n) is 2.63. The molecule has 2 nitrogen and oxygen atoms in total. The van der Waals surface area contributed by atoms with Crippen molar-refractivity contribution in [2.75, 3.05) is 14.2 Å². The highest BCUT2D eigenvalue weighted by Crippen LogP contribution is 2.38. The summed E-state index contributed by atoms with van der Waals surface area (Å²) in [4.78, 5) is 0. The predicted molar refractivity (Wildman–Crippen MR) is 100 cm³/mol. The number of nitrogens with one attached hydrogen (secondary N) is 1. The minimum absolute atomic E-state index is 0.105. The average molecular weight is 460 g/mol. The van der Waals surface area contributed by atoms with Crippen molar-refractivity contribution in [2.45, 2.75) is 19.9 Å². The highest BCUT2D eigenvalue weighted by Gasteiger charge is 2.22. The van der Waals surface area contributed by atoms with Crippen LogP contribution in [0.2, 0.25) is 0 Å². The molecule has 1 atom stereocenters. The van der Waals surface area contributed by atoms with Crippen molar-refractivity contribution in [3.05, 3.63) is 60.6 Å². The van der Waals surface area contributed by atoms with Gasteiger partial charge in [0, 0.05) is 13.6 Å². The number of hydrogen-bond donors (Lipinski definition) is 1. The fourth-order valence-corrected chi connectivity index (χ4v) is 3.54. The van der Waals surface area contributed by atoms with Gasteiger partial charge in [0.2, 0.25) is 0 Å². The smallest absolute Gasteiger partial charge is 0.127 e. The van der Waals surface area contributed by atoms with Crippen molar-refractivity contribution >= 4 is 38.5 Å². The molecule has 1 unspecified atom stereocenters. The van der Waals surface area contributed by atoms with E-state index in [4.69, 9.17) is 4.74 Å². The minimum Gasteiger partial charge on any atom is -0.496 e. The molecule has 0 bridgehead atoms. The van der Waals surface area contributed by atoms with Crippen molar-refractivity contribution in [1.82, 2.24) is 5.32 Å². The maximum atomic E-state index is 5.68. The molecule has 0 fully saturated rings. The molecule has 0 aliphatic rings. The second-order valence-electron chi connectivity index (χ2n) is 5.02. The Bertz CT molecular complexity index is 640. The van der Waals surface area contributed by atoms with E-state index in [9.17, 15) is 0 Å². The molecular weight excluding hydrogens is 441 g/mol. The molecule has 0 heterocycles. The zero-order valence-corrected chi connectivity index (χ0v) is 16.4. The van der Waals surface area contributed by atoms with Crippen LogP contribution in [-0.2, 0) is 0 Å². The van der Waals surface area contributed by atoms with Gasteiger partial charge in [-0.25, -0.2) is 0 Å². The highest BCUT2D eigenvalue weighted by molar-refractivity contribution is 14.1. The summed E-state index contributed by atoms with van der Waals surface area (Å²) in [5, 5.41) is 3.42. The van der Waals surface area contributed by atoms with Crippen molar-refractivity contribution in [3.8, 4) is 5.75 Å². The van der Waals surface area contributed by atoms with E-state index in [1.807, 2.05) is 7.05 Å². The van der Waals surface area contributed by atoms with Crippen LogP contribution in [0.25, 0.3) is 0 Å². The van der Waals surface area contributed by atoms with Crippen molar-refractivity contribution in [2.24, 2.45) is 0 Å². The van der Waals surface area contributed by atoms with Gasteiger partial charge in [0.15, 0.2) is 0 Å². The monoisotopic (exact) mass is 459 g/mol. The van der Waals surface area contributed by atoms with E-state index in [2.05, 4.69) is 88.0 Å². The van der Waals surface area contributed by atoms with E-state index in [0.29, 0.717) is 0 Å². The number of halogens is 2. The number of methoxy groups -OCH3 is 1. The SMILES string of the molecule is CNC(c1ccc(I)cc1)c1c(C)c(Br)cc(C)c1OC. The van der Waals surface area contributed by atoms with E-state index in [1.165, 1.54) is 20.3 Å². The van der Waals surface area contributed by atoms with Crippen LogP contribution in [-0.4, -0.2) is 14.2 Å². The first kappa shape index (κ1) is 16.8. The molecule has 0 radical (unpaired) electrons. The van der Waals surface area contributed by atoms with Crippen molar-refractivity contribution in [1.29, 1.82) is 0 Å². The van der Waals surface area contributed by atoms with Gasteiger partial charge in [-0.1, -0.05) is 28.1 Å². The number of rotatable bonds is 4. The summed E-state index contributed by atoms with van der Waals surface area (Å²) in [6.07, 6.45) is 0. The van der Waals surface area contributed by atoms with E-state index < -0.39 is 0 Å². The fraction of sp³-hybridized carbons (Fsp3) is 0.294. The van der Waals surface area contributed by atoms with Gasteiger partial charge in [-0.2, -0.15) is 0 Å². The standard InChI is InChI=1S/C17H19BrINO/c1-10-9-14(18)11(2)15(17(10)21-4)16(20-3)12-5-7-13(19)8-6-12/h5-9,16,20H,1-4H3. The van der Waals surface area contributed by atoms with Crippen molar-refractivity contribution < 1.29 is 4.74 Å². The molecule has 2 aromatic rings. The number of benzene rings is 2. The van der Waals surface area contributed by atoms with Gasteiger partial charge < -0.3 is 10.1 Å². The lowest BCUT2D eigenvalue weighted by Gasteiger charge is -2.24. The maximum absolute atomic E-state index is 5.68. The Morgan fingerprint density at radius 2 is 1.81 bits per heavy atom. The maximum Gasteiger partial charge on any atom is 0.127 e. The van der Waals surface area contributed by atoms with Gasteiger partial charge >= 0.3 is 0 Å². The minimum atomic E-state index is 0.105. The second kappa shape index (κ2) is 7.11. The highest BCUT2D eigenvalue weighted by atomic mass is 127.